The zero-order valence-corrected chi connectivity index (χ0v) is 14.7. The summed E-state index contributed by atoms with van der Waals surface area (Å²) in [7, 11) is 0. The standard InChI is InChI=1S/C22H22N2O2/c25-21(19-9-8-17-5-1-2-6-18(17)15-19)16-24-13-10-20(11-14-24)26-22-7-3-4-12-23-22/h1-9,12,15,20H,10-11,13-14,16H2. The molecule has 1 aromatic heterocycles. The number of piperidine rings is 1. The van der Waals surface area contributed by atoms with Crippen LogP contribution in [0.1, 0.15) is 23.2 Å². The van der Waals surface area contributed by atoms with Gasteiger partial charge in [0.2, 0.25) is 5.88 Å². The highest BCUT2D eigenvalue weighted by Gasteiger charge is 2.22. The van der Waals surface area contributed by atoms with Crippen molar-refractivity contribution in [2.24, 2.45) is 0 Å². The van der Waals surface area contributed by atoms with Gasteiger partial charge in [-0.2, -0.15) is 0 Å². The molecule has 2 aromatic carbocycles. The van der Waals surface area contributed by atoms with E-state index in [4.69, 9.17) is 4.74 Å². The molecule has 0 aliphatic carbocycles. The first kappa shape index (κ1) is 16.7. The number of ether oxygens (including phenoxy) is 1. The Kier molecular flexibility index (Phi) is 4.93. The zero-order valence-electron chi connectivity index (χ0n) is 14.7. The van der Waals surface area contributed by atoms with Crippen LogP contribution in [0.25, 0.3) is 10.8 Å². The van der Waals surface area contributed by atoms with Crippen molar-refractivity contribution in [1.29, 1.82) is 0 Å². The molecule has 0 spiro atoms. The second-order valence-electron chi connectivity index (χ2n) is 6.75. The molecule has 0 saturated carbocycles. The van der Waals surface area contributed by atoms with Gasteiger partial charge < -0.3 is 4.74 Å². The van der Waals surface area contributed by atoms with E-state index in [1.165, 1.54) is 0 Å². The Balaban J connectivity index is 1.32. The molecule has 4 nitrogen and oxygen atoms in total. The zero-order chi connectivity index (χ0) is 17.8. The Hall–Kier alpha value is -2.72. The smallest absolute Gasteiger partial charge is 0.213 e. The molecule has 1 aliphatic heterocycles. The van der Waals surface area contributed by atoms with Gasteiger partial charge >= 0.3 is 0 Å². The van der Waals surface area contributed by atoms with E-state index in [9.17, 15) is 4.79 Å². The van der Waals surface area contributed by atoms with Crippen molar-refractivity contribution in [3.05, 3.63) is 72.4 Å². The second kappa shape index (κ2) is 7.67. The molecule has 132 valence electrons. The summed E-state index contributed by atoms with van der Waals surface area (Å²) in [4.78, 5) is 19.1. The number of fused-ring (bicyclic) bond motifs is 1. The maximum atomic E-state index is 12.6. The van der Waals surface area contributed by atoms with Gasteiger partial charge in [-0.25, -0.2) is 4.98 Å². The molecular formula is C22H22N2O2. The number of nitrogens with zero attached hydrogens (tertiary/aromatic N) is 2. The van der Waals surface area contributed by atoms with Gasteiger partial charge in [0, 0.05) is 30.9 Å². The lowest BCUT2D eigenvalue weighted by Gasteiger charge is -2.31. The van der Waals surface area contributed by atoms with Gasteiger partial charge in [0.25, 0.3) is 0 Å². The van der Waals surface area contributed by atoms with Crippen LogP contribution in [0.2, 0.25) is 0 Å². The Morgan fingerprint density at radius 2 is 1.77 bits per heavy atom. The molecule has 0 bridgehead atoms. The quantitative estimate of drug-likeness (QED) is 0.656. The highest BCUT2D eigenvalue weighted by atomic mass is 16.5. The summed E-state index contributed by atoms with van der Waals surface area (Å²) in [5, 5.41) is 2.28. The fourth-order valence-corrected chi connectivity index (χ4v) is 3.43. The highest BCUT2D eigenvalue weighted by Crippen LogP contribution is 2.19. The van der Waals surface area contributed by atoms with Crippen LogP contribution >= 0.6 is 0 Å². The average molecular weight is 346 g/mol. The van der Waals surface area contributed by atoms with Crippen LogP contribution in [0.5, 0.6) is 5.88 Å². The third-order valence-corrected chi connectivity index (χ3v) is 4.90. The third kappa shape index (κ3) is 3.92. The summed E-state index contributed by atoms with van der Waals surface area (Å²) >= 11 is 0. The monoisotopic (exact) mass is 346 g/mol. The number of hydrogen-bond donors (Lipinski definition) is 0. The predicted octanol–water partition coefficient (Wildman–Crippen LogP) is 3.96. The maximum Gasteiger partial charge on any atom is 0.213 e. The number of rotatable bonds is 5. The minimum absolute atomic E-state index is 0.178. The van der Waals surface area contributed by atoms with Gasteiger partial charge in [0.15, 0.2) is 5.78 Å². The van der Waals surface area contributed by atoms with Crippen LogP contribution < -0.4 is 4.74 Å². The van der Waals surface area contributed by atoms with Gasteiger partial charge in [0.1, 0.15) is 6.10 Å². The molecule has 0 radical (unpaired) electrons. The fourth-order valence-electron chi connectivity index (χ4n) is 3.43. The van der Waals surface area contributed by atoms with E-state index < -0.39 is 0 Å². The van der Waals surface area contributed by atoms with Gasteiger partial charge in [-0.15, -0.1) is 0 Å². The number of ketones is 1. The summed E-state index contributed by atoms with van der Waals surface area (Å²) in [6.07, 6.45) is 3.76. The van der Waals surface area contributed by atoms with E-state index in [0.29, 0.717) is 12.4 Å². The minimum atomic E-state index is 0.178. The maximum absolute atomic E-state index is 12.6. The molecule has 1 aliphatic rings. The Bertz CT molecular complexity index is 887. The first-order valence-corrected chi connectivity index (χ1v) is 9.10. The Morgan fingerprint density at radius 3 is 2.54 bits per heavy atom. The van der Waals surface area contributed by atoms with E-state index in [1.54, 1.807) is 6.20 Å². The first-order valence-electron chi connectivity index (χ1n) is 9.10. The lowest BCUT2D eigenvalue weighted by atomic mass is 10.0. The molecule has 0 atom stereocenters. The van der Waals surface area contributed by atoms with Crippen LogP contribution in [0.15, 0.2) is 66.9 Å². The molecule has 26 heavy (non-hydrogen) atoms. The van der Waals surface area contributed by atoms with Crippen molar-refractivity contribution in [3.63, 3.8) is 0 Å². The van der Waals surface area contributed by atoms with Crippen molar-refractivity contribution in [1.82, 2.24) is 9.88 Å². The van der Waals surface area contributed by atoms with E-state index in [-0.39, 0.29) is 11.9 Å². The number of likely N-dealkylation sites (tertiary alicyclic amines) is 1. The molecular weight excluding hydrogens is 324 g/mol. The number of benzene rings is 2. The molecule has 2 heterocycles. The predicted molar refractivity (Wildman–Crippen MR) is 103 cm³/mol. The number of aromatic nitrogens is 1. The SMILES string of the molecule is O=C(CN1CCC(Oc2ccccn2)CC1)c1ccc2ccccc2c1. The minimum Gasteiger partial charge on any atom is -0.474 e. The number of carbonyl (C=O) groups excluding carboxylic acids is 1. The Labute approximate surface area is 153 Å². The van der Waals surface area contributed by atoms with E-state index in [1.807, 2.05) is 54.6 Å². The average Bonchev–Trinajstić information content (AvgIpc) is 2.70. The molecule has 1 saturated heterocycles. The lowest BCUT2D eigenvalue weighted by molar-refractivity contribution is 0.0778. The molecule has 3 aromatic rings. The molecule has 1 fully saturated rings. The number of carbonyl (C=O) groups is 1. The van der Waals surface area contributed by atoms with Gasteiger partial charge in [-0.05, 0) is 35.7 Å². The largest absolute Gasteiger partial charge is 0.474 e. The number of hydrogen-bond acceptors (Lipinski definition) is 4. The van der Waals surface area contributed by atoms with Crippen molar-refractivity contribution in [2.75, 3.05) is 19.6 Å². The van der Waals surface area contributed by atoms with Crippen LogP contribution in [-0.4, -0.2) is 41.4 Å². The molecule has 0 N–H and O–H groups in total. The van der Waals surface area contributed by atoms with Crippen molar-refractivity contribution >= 4 is 16.6 Å². The Morgan fingerprint density at radius 1 is 1.00 bits per heavy atom. The molecule has 0 amide bonds. The molecule has 4 heteroatoms. The fraction of sp³-hybridized carbons (Fsp3) is 0.273. The van der Waals surface area contributed by atoms with Gasteiger partial charge in [0.05, 0.1) is 6.54 Å². The van der Waals surface area contributed by atoms with E-state index >= 15 is 0 Å². The summed E-state index contributed by atoms with van der Waals surface area (Å²) in [6, 6.07) is 19.8. The summed E-state index contributed by atoms with van der Waals surface area (Å²) in [5.74, 6) is 0.859. The first-order chi connectivity index (χ1) is 12.8. The summed E-state index contributed by atoms with van der Waals surface area (Å²) in [6.45, 7) is 2.21. The van der Waals surface area contributed by atoms with Crippen molar-refractivity contribution < 1.29 is 9.53 Å². The van der Waals surface area contributed by atoms with Crippen molar-refractivity contribution in [3.8, 4) is 5.88 Å². The summed E-state index contributed by atoms with van der Waals surface area (Å²) < 4.78 is 5.92. The summed E-state index contributed by atoms with van der Waals surface area (Å²) in [5.41, 5.74) is 0.788. The number of pyridine rings is 1. The van der Waals surface area contributed by atoms with Crippen LogP contribution in [-0.2, 0) is 0 Å². The van der Waals surface area contributed by atoms with Crippen LogP contribution in [0, 0.1) is 0 Å². The topological polar surface area (TPSA) is 42.4 Å². The lowest BCUT2D eigenvalue weighted by Crippen LogP contribution is -2.40. The molecule has 0 unspecified atom stereocenters. The van der Waals surface area contributed by atoms with E-state index in [2.05, 4.69) is 16.0 Å². The van der Waals surface area contributed by atoms with Crippen LogP contribution in [0.4, 0.5) is 0 Å². The van der Waals surface area contributed by atoms with Crippen LogP contribution in [0.3, 0.4) is 0 Å². The number of Topliss-reactive ketones (excluding diaryl/α,β-unsaturated/α-hetero) is 1. The highest BCUT2D eigenvalue weighted by molar-refractivity contribution is 6.01. The second-order valence-corrected chi connectivity index (χ2v) is 6.75. The third-order valence-electron chi connectivity index (χ3n) is 4.90. The normalized spacial score (nSPS) is 15.8. The van der Waals surface area contributed by atoms with Gasteiger partial charge in [-0.3, -0.25) is 9.69 Å². The van der Waals surface area contributed by atoms with Crippen molar-refractivity contribution in [2.45, 2.75) is 18.9 Å². The van der Waals surface area contributed by atoms with E-state index in [0.717, 1.165) is 42.3 Å². The molecule has 4 rings (SSSR count). The van der Waals surface area contributed by atoms with Gasteiger partial charge in [-0.1, -0.05) is 42.5 Å².